The second-order valence-electron chi connectivity index (χ2n) is 5.54. The second kappa shape index (κ2) is 5.60. The van der Waals surface area contributed by atoms with Crippen LogP contribution in [0.2, 0.25) is 0 Å². The Morgan fingerprint density at radius 3 is 2.90 bits per heavy atom. The Bertz CT molecular complexity index is 677. The third-order valence-corrected chi connectivity index (χ3v) is 4.17. The van der Waals surface area contributed by atoms with Crippen LogP contribution < -0.4 is 5.73 Å². The number of carbonyl (C=O) groups is 2. The Labute approximate surface area is 123 Å². The maximum atomic E-state index is 12.5. The number of fused-ring (bicyclic) bond motifs is 1. The van der Waals surface area contributed by atoms with Gasteiger partial charge in [-0.25, -0.2) is 0 Å². The van der Waals surface area contributed by atoms with E-state index in [0.29, 0.717) is 19.4 Å². The van der Waals surface area contributed by atoms with Gasteiger partial charge in [-0.1, -0.05) is 18.2 Å². The molecule has 2 heterocycles. The van der Waals surface area contributed by atoms with Gasteiger partial charge in [-0.3, -0.25) is 9.59 Å². The Kier molecular flexibility index (Phi) is 3.64. The van der Waals surface area contributed by atoms with Crippen LogP contribution in [0.3, 0.4) is 0 Å². The molecule has 3 rings (SSSR count). The molecule has 1 unspecified atom stereocenters. The Hall–Kier alpha value is -2.30. The van der Waals surface area contributed by atoms with Gasteiger partial charge in [0, 0.05) is 23.6 Å². The molecule has 2 aromatic rings. The van der Waals surface area contributed by atoms with Crippen molar-refractivity contribution < 1.29 is 9.59 Å². The fraction of sp³-hybridized carbons (Fsp3) is 0.375. The number of nitrogens with one attached hydrogen (secondary N) is 1. The summed E-state index contributed by atoms with van der Waals surface area (Å²) in [6.07, 6.45) is 4.72. The van der Waals surface area contributed by atoms with E-state index >= 15 is 0 Å². The number of aromatic amines is 1. The molecule has 5 heteroatoms. The Morgan fingerprint density at radius 1 is 1.29 bits per heavy atom. The van der Waals surface area contributed by atoms with Gasteiger partial charge >= 0.3 is 0 Å². The maximum absolute atomic E-state index is 12.5. The van der Waals surface area contributed by atoms with Crippen LogP contribution in [0.5, 0.6) is 0 Å². The molecule has 0 bridgehead atoms. The quantitative estimate of drug-likeness (QED) is 0.898. The smallest absolute Gasteiger partial charge is 0.240 e. The van der Waals surface area contributed by atoms with Gasteiger partial charge in [-0.15, -0.1) is 0 Å². The van der Waals surface area contributed by atoms with Gasteiger partial charge in [0.05, 0.1) is 6.42 Å². The van der Waals surface area contributed by atoms with Crippen LogP contribution in [0.15, 0.2) is 30.5 Å². The largest absolute Gasteiger partial charge is 0.368 e. The zero-order chi connectivity index (χ0) is 14.8. The lowest BCUT2D eigenvalue weighted by Gasteiger charge is -2.33. The van der Waals surface area contributed by atoms with Crippen LogP contribution in [-0.2, 0) is 16.0 Å². The van der Waals surface area contributed by atoms with Crippen molar-refractivity contribution in [3.05, 3.63) is 36.0 Å². The highest BCUT2D eigenvalue weighted by atomic mass is 16.2. The minimum atomic E-state index is -0.448. The summed E-state index contributed by atoms with van der Waals surface area (Å²) in [6.45, 7) is 0.620. The van der Waals surface area contributed by atoms with Gasteiger partial charge in [0.1, 0.15) is 6.04 Å². The molecule has 1 saturated heterocycles. The SMILES string of the molecule is NC(=O)C1CCCCN1C(=O)Cc1c[nH]c2ccccc12. The number of carbonyl (C=O) groups excluding carboxylic acids is 2. The lowest BCUT2D eigenvalue weighted by Crippen LogP contribution is -2.50. The number of para-hydroxylation sites is 1. The molecule has 0 saturated carbocycles. The highest BCUT2D eigenvalue weighted by molar-refractivity contribution is 5.91. The van der Waals surface area contributed by atoms with E-state index in [1.54, 1.807) is 4.90 Å². The highest BCUT2D eigenvalue weighted by Crippen LogP contribution is 2.22. The number of aromatic nitrogens is 1. The van der Waals surface area contributed by atoms with Crippen LogP contribution in [0.25, 0.3) is 10.9 Å². The predicted molar refractivity (Wildman–Crippen MR) is 80.5 cm³/mol. The number of H-pyrrole nitrogens is 1. The first kappa shape index (κ1) is 13.7. The van der Waals surface area contributed by atoms with Crippen LogP contribution in [0.4, 0.5) is 0 Å². The molecule has 1 atom stereocenters. The molecule has 0 radical (unpaired) electrons. The van der Waals surface area contributed by atoms with Gasteiger partial charge in [0.25, 0.3) is 0 Å². The van der Waals surface area contributed by atoms with Gasteiger partial charge in [-0.2, -0.15) is 0 Å². The lowest BCUT2D eigenvalue weighted by atomic mass is 10.00. The summed E-state index contributed by atoms with van der Waals surface area (Å²) < 4.78 is 0. The molecule has 1 fully saturated rings. The lowest BCUT2D eigenvalue weighted by molar-refractivity contribution is -0.140. The van der Waals surface area contributed by atoms with E-state index in [2.05, 4.69) is 4.98 Å². The molecule has 110 valence electrons. The van der Waals surface area contributed by atoms with E-state index in [9.17, 15) is 9.59 Å². The minimum Gasteiger partial charge on any atom is -0.368 e. The number of nitrogens with two attached hydrogens (primary N) is 1. The van der Waals surface area contributed by atoms with Crippen molar-refractivity contribution in [2.45, 2.75) is 31.7 Å². The summed E-state index contributed by atoms with van der Waals surface area (Å²) in [5, 5.41) is 1.05. The number of rotatable bonds is 3. The van der Waals surface area contributed by atoms with Gasteiger partial charge in [0.2, 0.25) is 11.8 Å². The van der Waals surface area contributed by atoms with Crippen LogP contribution in [0.1, 0.15) is 24.8 Å². The Morgan fingerprint density at radius 2 is 2.10 bits per heavy atom. The molecule has 1 aromatic carbocycles. The van der Waals surface area contributed by atoms with Crippen LogP contribution in [-0.4, -0.2) is 34.3 Å². The average Bonchev–Trinajstić information content (AvgIpc) is 2.90. The maximum Gasteiger partial charge on any atom is 0.240 e. The number of piperidine rings is 1. The summed E-state index contributed by atoms with van der Waals surface area (Å²) in [5.41, 5.74) is 7.40. The van der Waals surface area contributed by atoms with Crippen molar-refractivity contribution in [3.8, 4) is 0 Å². The average molecular weight is 285 g/mol. The van der Waals surface area contributed by atoms with E-state index in [-0.39, 0.29) is 5.91 Å². The van der Waals surface area contributed by atoms with E-state index in [1.807, 2.05) is 30.5 Å². The monoisotopic (exact) mass is 285 g/mol. The fourth-order valence-electron chi connectivity index (χ4n) is 3.07. The summed E-state index contributed by atoms with van der Waals surface area (Å²) in [7, 11) is 0. The first-order valence-corrected chi connectivity index (χ1v) is 7.30. The molecule has 21 heavy (non-hydrogen) atoms. The normalized spacial score (nSPS) is 18.9. The minimum absolute atomic E-state index is 0.0248. The van der Waals surface area contributed by atoms with E-state index in [0.717, 1.165) is 29.3 Å². The molecule has 5 nitrogen and oxygen atoms in total. The van der Waals surface area contributed by atoms with Crippen LogP contribution >= 0.6 is 0 Å². The molecule has 0 aliphatic carbocycles. The van der Waals surface area contributed by atoms with Crippen molar-refractivity contribution in [2.75, 3.05) is 6.54 Å². The van der Waals surface area contributed by atoms with E-state index in [4.69, 9.17) is 5.73 Å². The molecule has 1 aliphatic heterocycles. The Balaban J connectivity index is 1.80. The third kappa shape index (κ3) is 2.63. The second-order valence-corrected chi connectivity index (χ2v) is 5.54. The number of hydrogen-bond acceptors (Lipinski definition) is 2. The van der Waals surface area contributed by atoms with Gasteiger partial charge in [0.15, 0.2) is 0 Å². The van der Waals surface area contributed by atoms with Crippen molar-refractivity contribution >= 4 is 22.7 Å². The number of likely N-dealkylation sites (tertiary alicyclic amines) is 1. The van der Waals surface area contributed by atoms with Gasteiger partial charge in [-0.05, 0) is 30.9 Å². The highest BCUT2D eigenvalue weighted by Gasteiger charge is 2.30. The van der Waals surface area contributed by atoms with Crippen molar-refractivity contribution in [1.29, 1.82) is 0 Å². The number of amides is 2. The number of hydrogen-bond donors (Lipinski definition) is 2. The summed E-state index contributed by atoms with van der Waals surface area (Å²) in [6, 6.07) is 7.44. The summed E-state index contributed by atoms with van der Waals surface area (Å²) in [5.74, 6) is -0.426. The van der Waals surface area contributed by atoms with Gasteiger partial charge < -0.3 is 15.6 Å². The molecular weight excluding hydrogens is 266 g/mol. The molecule has 0 spiro atoms. The van der Waals surface area contributed by atoms with Crippen molar-refractivity contribution in [1.82, 2.24) is 9.88 Å². The zero-order valence-corrected chi connectivity index (χ0v) is 11.8. The number of nitrogens with zero attached hydrogens (tertiary/aromatic N) is 1. The van der Waals surface area contributed by atoms with E-state index in [1.165, 1.54) is 0 Å². The first-order valence-electron chi connectivity index (χ1n) is 7.30. The summed E-state index contributed by atoms with van der Waals surface area (Å²) in [4.78, 5) is 28.8. The van der Waals surface area contributed by atoms with Crippen LogP contribution in [0, 0.1) is 0 Å². The molecule has 3 N–H and O–H groups in total. The number of benzene rings is 1. The fourth-order valence-corrected chi connectivity index (χ4v) is 3.07. The van der Waals surface area contributed by atoms with E-state index < -0.39 is 11.9 Å². The third-order valence-electron chi connectivity index (χ3n) is 4.17. The van der Waals surface area contributed by atoms with Crippen molar-refractivity contribution in [2.24, 2.45) is 5.73 Å². The molecular formula is C16H19N3O2. The number of primary amides is 1. The molecule has 1 aliphatic rings. The molecule has 1 aromatic heterocycles. The zero-order valence-electron chi connectivity index (χ0n) is 11.8. The predicted octanol–water partition coefficient (Wildman–Crippen LogP) is 1.58. The molecule has 2 amide bonds. The standard InChI is InChI=1S/C16H19N3O2/c17-16(21)14-7-3-4-8-19(14)15(20)9-11-10-18-13-6-2-1-5-12(11)13/h1-2,5-6,10,14,18H,3-4,7-9H2,(H2,17,21). The summed E-state index contributed by atoms with van der Waals surface area (Å²) >= 11 is 0. The van der Waals surface area contributed by atoms with Crippen molar-refractivity contribution in [3.63, 3.8) is 0 Å². The first-order chi connectivity index (χ1) is 10.2. The topological polar surface area (TPSA) is 79.2 Å².